The molecule has 0 aromatic carbocycles. The second-order valence-corrected chi connectivity index (χ2v) is 4.63. The van der Waals surface area contributed by atoms with Crippen LogP contribution >= 0.6 is 15.9 Å². The molecule has 0 amide bonds. The lowest BCUT2D eigenvalue weighted by molar-refractivity contribution is 0.0925. The maximum atomic E-state index is 5.48. The fraction of sp³-hybridized carbons (Fsp3) is 0.600. The van der Waals surface area contributed by atoms with Crippen LogP contribution in [-0.2, 0) is 4.74 Å². The van der Waals surface area contributed by atoms with Crippen LogP contribution in [0.25, 0.3) is 0 Å². The smallest absolute Gasteiger partial charge is 0.159 e. The first kappa shape index (κ1) is 12.5. The zero-order chi connectivity index (χ0) is 12.3. The molecule has 0 radical (unpaired) electrons. The minimum absolute atomic E-state index is 0.348. The second-order valence-electron chi connectivity index (χ2n) is 3.83. The first-order valence-corrected chi connectivity index (χ1v) is 6.38. The third-order valence-electron chi connectivity index (χ3n) is 2.88. The first-order valence-electron chi connectivity index (χ1n) is 5.59. The molecule has 0 spiro atoms. The third-order valence-corrected chi connectivity index (χ3v) is 3.61. The summed E-state index contributed by atoms with van der Waals surface area (Å²) in [5, 5.41) is 0. The van der Waals surface area contributed by atoms with E-state index < -0.39 is 0 Å². The Balaban J connectivity index is 2.31. The van der Waals surface area contributed by atoms with Gasteiger partial charge in [0.05, 0.1) is 19.3 Å². The zero-order valence-corrected chi connectivity index (χ0v) is 11.3. The van der Waals surface area contributed by atoms with E-state index in [-0.39, 0.29) is 0 Å². The van der Waals surface area contributed by atoms with E-state index in [0.717, 1.165) is 36.5 Å². The molecule has 6 nitrogen and oxygen atoms in total. The summed E-state index contributed by atoms with van der Waals surface area (Å²) in [4.78, 5) is 10.6. The molecule has 2 rings (SSSR count). The van der Waals surface area contributed by atoms with E-state index in [1.807, 2.05) is 0 Å². The van der Waals surface area contributed by atoms with Gasteiger partial charge in [0.25, 0.3) is 0 Å². The van der Waals surface area contributed by atoms with Crippen LogP contribution in [0.4, 0.5) is 11.6 Å². The summed E-state index contributed by atoms with van der Waals surface area (Å²) in [6, 6.07) is 0.348. The lowest BCUT2D eigenvalue weighted by Gasteiger charge is -2.36. The van der Waals surface area contributed by atoms with Crippen LogP contribution in [0.3, 0.4) is 0 Å². The van der Waals surface area contributed by atoms with Gasteiger partial charge < -0.3 is 15.1 Å². The summed E-state index contributed by atoms with van der Waals surface area (Å²) in [7, 11) is 0. The molecule has 1 unspecified atom stereocenters. The van der Waals surface area contributed by atoms with Crippen molar-refractivity contribution in [2.45, 2.75) is 19.4 Å². The number of rotatable bonds is 3. The average Bonchev–Trinajstić information content (AvgIpc) is 2.39. The summed E-state index contributed by atoms with van der Waals surface area (Å²) in [5.74, 6) is 6.86. The number of nitrogens with two attached hydrogens (primary N) is 1. The van der Waals surface area contributed by atoms with Crippen molar-refractivity contribution in [3.63, 3.8) is 0 Å². The van der Waals surface area contributed by atoms with Crippen LogP contribution in [0.5, 0.6) is 0 Å². The molecule has 1 aliphatic heterocycles. The van der Waals surface area contributed by atoms with Crippen molar-refractivity contribution in [2.24, 2.45) is 5.84 Å². The fourth-order valence-corrected chi connectivity index (χ4v) is 2.48. The summed E-state index contributed by atoms with van der Waals surface area (Å²) in [6.07, 6.45) is 2.53. The summed E-state index contributed by atoms with van der Waals surface area (Å²) < 4.78 is 6.27. The molecule has 1 fully saturated rings. The second kappa shape index (κ2) is 5.61. The van der Waals surface area contributed by atoms with Crippen LogP contribution in [0.1, 0.15) is 13.3 Å². The number of halogens is 1. The monoisotopic (exact) mass is 301 g/mol. The molecule has 1 aromatic heterocycles. The number of ether oxygens (including phenoxy) is 1. The highest BCUT2D eigenvalue weighted by Crippen LogP contribution is 2.31. The van der Waals surface area contributed by atoms with Gasteiger partial charge in [-0.2, -0.15) is 0 Å². The molecule has 94 valence electrons. The number of nitrogens with one attached hydrogen (secondary N) is 1. The number of hydrogen-bond acceptors (Lipinski definition) is 6. The number of aromatic nitrogens is 2. The number of nitrogens with zero attached hydrogens (tertiary/aromatic N) is 3. The standard InChI is InChI=1S/C10H16BrN5O/c1-2-7-5-17-4-3-16(7)10-8(11)9(15-12)13-6-14-10/h6-7H,2-5,12H2,1H3,(H,13,14,15). The van der Waals surface area contributed by atoms with Gasteiger partial charge in [0, 0.05) is 6.54 Å². The minimum Gasteiger partial charge on any atom is -0.377 e. The van der Waals surface area contributed by atoms with Gasteiger partial charge in [-0.1, -0.05) is 6.92 Å². The van der Waals surface area contributed by atoms with Gasteiger partial charge in [-0.3, -0.25) is 0 Å². The predicted octanol–water partition coefficient (Wildman–Crippen LogP) is 1.14. The summed E-state index contributed by atoms with van der Waals surface area (Å²) in [6.45, 7) is 4.43. The number of hydrazine groups is 1. The molecule has 0 bridgehead atoms. The molecular weight excluding hydrogens is 286 g/mol. The predicted molar refractivity (Wildman–Crippen MR) is 69.8 cm³/mol. The fourth-order valence-electron chi connectivity index (χ4n) is 1.93. The van der Waals surface area contributed by atoms with Crippen molar-refractivity contribution in [3.8, 4) is 0 Å². The van der Waals surface area contributed by atoms with E-state index >= 15 is 0 Å². The van der Waals surface area contributed by atoms with Crippen molar-refractivity contribution in [2.75, 3.05) is 30.1 Å². The average molecular weight is 302 g/mol. The van der Waals surface area contributed by atoms with Crippen LogP contribution in [0.15, 0.2) is 10.8 Å². The SMILES string of the molecule is CCC1COCCN1c1ncnc(NN)c1Br. The van der Waals surface area contributed by atoms with Crippen LogP contribution in [0.2, 0.25) is 0 Å². The highest BCUT2D eigenvalue weighted by Gasteiger charge is 2.25. The van der Waals surface area contributed by atoms with E-state index in [9.17, 15) is 0 Å². The van der Waals surface area contributed by atoms with Crippen molar-refractivity contribution in [3.05, 3.63) is 10.8 Å². The zero-order valence-electron chi connectivity index (χ0n) is 9.69. The number of morpholine rings is 1. The lowest BCUT2D eigenvalue weighted by atomic mass is 10.2. The van der Waals surface area contributed by atoms with E-state index in [1.54, 1.807) is 0 Å². The maximum Gasteiger partial charge on any atom is 0.159 e. The summed E-state index contributed by atoms with van der Waals surface area (Å²) >= 11 is 3.48. The van der Waals surface area contributed by atoms with Gasteiger partial charge in [-0.05, 0) is 22.4 Å². The maximum absolute atomic E-state index is 5.48. The van der Waals surface area contributed by atoms with Crippen LogP contribution in [-0.4, -0.2) is 35.8 Å². The minimum atomic E-state index is 0.348. The van der Waals surface area contributed by atoms with Gasteiger partial charge in [0.15, 0.2) is 5.82 Å². The highest BCUT2D eigenvalue weighted by atomic mass is 79.9. The Morgan fingerprint density at radius 3 is 3.18 bits per heavy atom. The molecule has 2 heterocycles. The molecule has 17 heavy (non-hydrogen) atoms. The molecule has 1 aliphatic rings. The Kier molecular flexibility index (Phi) is 4.14. The summed E-state index contributed by atoms with van der Waals surface area (Å²) in [5.41, 5.74) is 2.55. The Hall–Kier alpha value is -0.920. The first-order chi connectivity index (χ1) is 8.27. The molecule has 1 atom stereocenters. The molecule has 0 aliphatic carbocycles. The van der Waals surface area contributed by atoms with Crippen LogP contribution in [0, 0.1) is 0 Å². The van der Waals surface area contributed by atoms with Crippen molar-refractivity contribution < 1.29 is 4.74 Å². The van der Waals surface area contributed by atoms with E-state index in [1.165, 1.54) is 6.33 Å². The van der Waals surface area contributed by atoms with E-state index in [0.29, 0.717) is 11.9 Å². The van der Waals surface area contributed by atoms with Crippen LogP contribution < -0.4 is 16.2 Å². The highest BCUT2D eigenvalue weighted by molar-refractivity contribution is 9.10. The topological polar surface area (TPSA) is 76.3 Å². The molecule has 3 N–H and O–H groups in total. The quantitative estimate of drug-likeness (QED) is 0.644. The normalized spacial score (nSPS) is 20.4. The molecule has 7 heteroatoms. The number of anilines is 2. The van der Waals surface area contributed by atoms with E-state index in [2.05, 4.69) is 43.1 Å². The van der Waals surface area contributed by atoms with Crippen molar-refractivity contribution >= 4 is 27.6 Å². The van der Waals surface area contributed by atoms with E-state index in [4.69, 9.17) is 10.6 Å². The Bertz CT molecular complexity index is 389. The molecular formula is C10H16BrN5O. The van der Waals surface area contributed by atoms with Gasteiger partial charge >= 0.3 is 0 Å². The Morgan fingerprint density at radius 1 is 1.65 bits per heavy atom. The van der Waals surface area contributed by atoms with Crippen molar-refractivity contribution in [1.82, 2.24) is 9.97 Å². The van der Waals surface area contributed by atoms with Gasteiger partial charge in [-0.15, -0.1) is 0 Å². The Morgan fingerprint density at radius 2 is 2.47 bits per heavy atom. The van der Waals surface area contributed by atoms with Gasteiger partial charge in [0.1, 0.15) is 16.6 Å². The molecule has 1 saturated heterocycles. The largest absolute Gasteiger partial charge is 0.377 e. The molecule has 0 saturated carbocycles. The Labute approximate surface area is 109 Å². The number of nitrogen functional groups attached to an aromatic ring is 1. The third kappa shape index (κ3) is 2.51. The van der Waals surface area contributed by atoms with Gasteiger partial charge in [-0.25, -0.2) is 15.8 Å². The van der Waals surface area contributed by atoms with Crippen molar-refractivity contribution in [1.29, 1.82) is 0 Å². The molecule has 1 aromatic rings. The lowest BCUT2D eigenvalue weighted by Crippen LogP contribution is -2.45. The number of hydrogen-bond donors (Lipinski definition) is 2. The van der Waals surface area contributed by atoms with Gasteiger partial charge in [0.2, 0.25) is 0 Å².